The lowest BCUT2D eigenvalue weighted by Gasteiger charge is -2.29. The maximum absolute atomic E-state index is 12.9. The van der Waals surface area contributed by atoms with Crippen LogP contribution in [-0.2, 0) is 19.9 Å². The van der Waals surface area contributed by atoms with Crippen LogP contribution in [0.3, 0.4) is 0 Å². The van der Waals surface area contributed by atoms with Gasteiger partial charge in [0, 0.05) is 12.6 Å². The third-order valence-corrected chi connectivity index (χ3v) is 7.51. The molecule has 0 spiro atoms. The average Bonchev–Trinajstić information content (AvgIpc) is 2.83. The fourth-order valence-electron chi connectivity index (χ4n) is 2.75. The molecule has 2 rings (SSSR count). The molecular weight excluding hydrogens is 395 g/mol. The molecular formula is C15H20F3NO5S2. The molecule has 0 aliphatic carbocycles. The molecule has 26 heavy (non-hydrogen) atoms. The number of alkyl halides is 3. The van der Waals surface area contributed by atoms with Gasteiger partial charge in [-0.2, -0.15) is 4.31 Å². The summed E-state index contributed by atoms with van der Waals surface area (Å²) >= 11 is 0. The van der Waals surface area contributed by atoms with Crippen molar-refractivity contribution in [3.05, 3.63) is 24.3 Å². The van der Waals surface area contributed by atoms with Crippen molar-refractivity contribution in [1.29, 1.82) is 0 Å². The topological polar surface area (TPSA) is 80.8 Å². The number of ether oxygens (including phenoxy) is 1. The van der Waals surface area contributed by atoms with Gasteiger partial charge in [0.05, 0.1) is 16.4 Å². The Morgan fingerprint density at radius 2 is 1.81 bits per heavy atom. The molecule has 1 aliphatic rings. The van der Waals surface area contributed by atoms with Gasteiger partial charge in [-0.3, -0.25) is 0 Å². The van der Waals surface area contributed by atoms with Crippen molar-refractivity contribution < 1.29 is 34.7 Å². The predicted octanol–water partition coefficient (Wildman–Crippen LogP) is 2.42. The summed E-state index contributed by atoms with van der Waals surface area (Å²) in [7, 11) is -7.36. The Balaban J connectivity index is 2.31. The summed E-state index contributed by atoms with van der Waals surface area (Å²) in [6.45, 7) is 3.71. The highest BCUT2D eigenvalue weighted by molar-refractivity contribution is 7.92. The molecule has 1 aromatic carbocycles. The van der Waals surface area contributed by atoms with Crippen LogP contribution < -0.4 is 4.74 Å². The van der Waals surface area contributed by atoms with Crippen LogP contribution in [0.1, 0.15) is 20.3 Å². The van der Waals surface area contributed by atoms with Crippen LogP contribution in [0.5, 0.6) is 5.75 Å². The second kappa shape index (κ2) is 7.35. The number of hydrogen-bond donors (Lipinski definition) is 0. The van der Waals surface area contributed by atoms with Crippen molar-refractivity contribution in [1.82, 2.24) is 4.31 Å². The van der Waals surface area contributed by atoms with Crippen molar-refractivity contribution in [2.45, 2.75) is 37.6 Å². The van der Waals surface area contributed by atoms with Gasteiger partial charge in [0.25, 0.3) is 0 Å². The molecule has 0 radical (unpaired) electrons. The minimum atomic E-state index is -4.87. The first kappa shape index (κ1) is 21.0. The maximum atomic E-state index is 12.9. The number of benzene rings is 1. The predicted molar refractivity (Wildman–Crippen MR) is 88.9 cm³/mol. The van der Waals surface area contributed by atoms with Crippen LogP contribution in [0.15, 0.2) is 29.2 Å². The molecule has 0 saturated carbocycles. The van der Waals surface area contributed by atoms with Gasteiger partial charge in [-0.05, 0) is 36.6 Å². The van der Waals surface area contributed by atoms with Crippen molar-refractivity contribution >= 4 is 19.9 Å². The normalized spacial score (nSPS) is 20.7. The van der Waals surface area contributed by atoms with E-state index in [1.165, 1.54) is 0 Å². The summed E-state index contributed by atoms with van der Waals surface area (Å²) in [5.41, 5.74) is 0. The summed E-state index contributed by atoms with van der Waals surface area (Å²) in [6, 6.07) is 3.19. The summed E-state index contributed by atoms with van der Waals surface area (Å²) in [4.78, 5) is -0.211. The highest BCUT2D eigenvalue weighted by atomic mass is 32.2. The molecule has 0 bridgehead atoms. The maximum Gasteiger partial charge on any atom is 0.573 e. The largest absolute Gasteiger partial charge is 0.573 e. The quantitative estimate of drug-likeness (QED) is 0.713. The molecule has 0 amide bonds. The summed E-state index contributed by atoms with van der Waals surface area (Å²) in [5, 5.41) is 0. The molecule has 0 N–H and O–H groups in total. The molecule has 148 valence electrons. The minimum Gasteiger partial charge on any atom is -0.406 e. The van der Waals surface area contributed by atoms with Gasteiger partial charge in [-0.25, -0.2) is 16.8 Å². The van der Waals surface area contributed by atoms with Crippen molar-refractivity contribution in [3.63, 3.8) is 0 Å². The fourth-order valence-corrected chi connectivity index (χ4v) is 6.40. The smallest absolute Gasteiger partial charge is 0.406 e. The fraction of sp³-hybridized carbons (Fsp3) is 0.600. The molecule has 0 aromatic heterocycles. The highest BCUT2D eigenvalue weighted by Crippen LogP contribution is 2.28. The van der Waals surface area contributed by atoms with E-state index in [0.29, 0.717) is 0 Å². The zero-order valence-corrected chi connectivity index (χ0v) is 15.9. The molecule has 1 atom stereocenters. The Hall–Kier alpha value is -1.33. The summed E-state index contributed by atoms with van der Waals surface area (Å²) in [6.07, 6.45) is -4.67. The molecule has 1 saturated heterocycles. The molecule has 6 nitrogen and oxygen atoms in total. The summed E-state index contributed by atoms with van der Waals surface area (Å²) < 4.78 is 90.8. The average molecular weight is 415 g/mol. The van der Waals surface area contributed by atoms with E-state index in [1.807, 2.05) is 0 Å². The first-order chi connectivity index (χ1) is 11.8. The minimum absolute atomic E-state index is 0.0547. The van der Waals surface area contributed by atoms with Crippen molar-refractivity contribution in [2.75, 3.05) is 18.1 Å². The Kier molecular flexibility index (Phi) is 5.93. The van der Waals surface area contributed by atoms with Crippen LogP contribution in [0, 0.1) is 5.92 Å². The van der Waals surface area contributed by atoms with E-state index in [2.05, 4.69) is 4.74 Å². The first-order valence-corrected chi connectivity index (χ1v) is 11.1. The van der Waals surface area contributed by atoms with E-state index in [4.69, 9.17) is 0 Å². The standard InChI is InChI=1S/C15H20F3NO5S2/c1-11(2)9-19(12-7-8-25(20,21)10-12)26(22,23)14-5-3-13(4-6-14)24-15(16,17)18/h3-6,11-12H,7-10H2,1-2H3/t12-/m1/s1. The lowest BCUT2D eigenvalue weighted by atomic mass is 10.2. The molecule has 0 unspecified atom stereocenters. The zero-order valence-electron chi connectivity index (χ0n) is 14.2. The second-order valence-corrected chi connectivity index (χ2v) is 10.7. The van der Waals surface area contributed by atoms with Crippen LogP contribution in [0.25, 0.3) is 0 Å². The van der Waals surface area contributed by atoms with Gasteiger partial charge in [0.15, 0.2) is 9.84 Å². The van der Waals surface area contributed by atoms with Gasteiger partial charge in [-0.1, -0.05) is 13.8 Å². The summed E-state index contributed by atoms with van der Waals surface area (Å²) in [5.74, 6) is -0.926. The Morgan fingerprint density at radius 3 is 2.23 bits per heavy atom. The van der Waals surface area contributed by atoms with E-state index >= 15 is 0 Å². The molecule has 1 aliphatic heterocycles. The Bertz CT molecular complexity index is 833. The number of hydrogen-bond acceptors (Lipinski definition) is 5. The van der Waals surface area contributed by atoms with Crippen LogP contribution >= 0.6 is 0 Å². The van der Waals surface area contributed by atoms with E-state index < -0.39 is 38.0 Å². The molecule has 1 heterocycles. The first-order valence-electron chi connectivity index (χ1n) is 7.88. The number of rotatable bonds is 6. The van der Waals surface area contributed by atoms with Crippen molar-refractivity contribution in [3.8, 4) is 5.75 Å². The number of halogens is 3. The van der Waals surface area contributed by atoms with E-state index in [1.54, 1.807) is 13.8 Å². The lowest BCUT2D eigenvalue weighted by Crippen LogP contribution is -2.43. The number of nitrogens with zero attached hydrogens (tertiary/aromatic N) is 1. The van der Waals surface area contributed by atoms with Crippen LogP contribution in [0.4, 0.5) is 13.2 Å². The third kappa shape index (κ3) is 5.34. The van der Waals surface area contributed by atoms with Gasteiger partial charge >= 0.3 is 6.36 Å². The Morgan fingerprint density at radius 1 is 1.23 bits per heavy atom. The highest BCUT2D eigenvalue weighted by Gasteiger charge is 2.39. The number of sulfonamides is 1. The van der Waals surface area contributed by atoms with Crippen LogP contribution in [0.2, 0.25) is 0 Å². The molecule has 1 aromatic rings. The Labute approximate surface area is 150 Å². The van der Waals surface area contributed by atoms with E-state index in [9.17, 15) is 30.0 Å². The zero-order chi connectivity index (χ0) is 19.8. The second-order valence-electron chi connectivity index (χ2n) is 6.54. The van der Waals surface area contributed by atoms with E-state index in [-0.39, 0.29) is 35.3 Å². The number of sulfone groups is 1. The van der Waals surface area contributed by atoms with Crippen molar-refractivity contribution in [2.24, 2.45) is 5.92 Å². The van der Waals surface area contributed by atoms with Crippen LogP contribution in [-0.4, -0.2) is 51.6 Å². The monoisotopic (exact) mass is 415 g/mol. The van der Waals surface area contributed by atoms with Gasteiger partial charge in [-0.15, -0.1) is 13.2 Å². The van der Waals surface area contributed by atoms with Gasteiger partial charge < -0.3 is 4.74 Å². The lowest BCUT2D eigenvalue weighted by molar-refractivity contribution is -0.274. The molecule has 11 heteroatoms. The molecule has 1 fully saturated rings. The third-order valence-electron chi connectivity index (χ3n) is 3.82. The SMILES string of the molecule is CC(C)CN([C@@H]1CCS(=O)(=O)C1)S(=O)(=O)c1ccc(OC(F)(F)F)cc1. The van der Waals surface area contributed by atoms with Gasteiger partial charge in [0.1, 0.15) is 5.75 Å². The van der Waals surface area contributed by atoms with E-state index in [0.717, 1.165) is 28.6 Å². The van der Waals surface area contributed by atoms with Gasteiger partial charge in [0.2, 0.25) is 10.0 Å².